The highest BCUT2D eigenvalue weighted by molar-refractivity contribution is 7.98. The highest BCUT2D eigenvalue weighted by Crippen LogP contribution is 2.24. The Morgan fingerprint density at radius 2 is 2.16 bits per heavy atom. The highest BCUT2D eigenvalue weighted by atomic mass is 32.2. The molecule has 0 amide bonds. The summed E-state index contributed by atoms with van der Waals surface area (Å²) in [5.41, 5.74) is 0.650. The zero-order valence-corrected chi connectivity index (χ0v) is 14.2. The van der Waals surface area contributed by atoms with Crippen molar-refractivity contribution in [2.45, 2.75) is 24.4 Å². The van der Waals surface area contributed by atoms with Crippen LogP contribution in [0.4, 0.5) is 0 Å². The molecule has 3 aromatic heterocycles. The van der Waals surface area contributed by atoms with E-state index in [1.165, 1.54) is 11.8 Å². The molecule has 0 aliphatic heterocycles. The van der Waals surface area contributed by atoms with E-state index < -0.39 is 0 Å². The fourth-order valence-corrected chi connectivity index (χ4v) is 3.42. The van der Waals surface area contributed by atoms with E-state index in [1.807, 2.05) is 22.6 Å². The van der Waals surface area contributed by atoms with Crippen LogP contribution in [0.3, 0.4) is 0 Å². The van der Waals surface area contributed by atoms with Crippen molar-refractivity contribution in [1.82, 2.24) is 29.3 Å². The summed E-state index contributed by atoms with van der Waals surface area (Å²) in [7, 11) is 0. The summed E-state index contributed by atoms with van der Waals surface area (Å²) in [6, 6.07) is 7.40. The molecule has 25 heavy (non-hydrogen) atoms. The zero-order valence-electron chi connectivity index (χ0n) is 13.4. The van der Waals surface area contributed by atoms with Crippen molar-refractivity contribution in [2.75, 3.05) is 0 Å². The van der Waals surface area contributed by atoms with E-state index in [9.17, 15) is 4.79 Å². The van der Waals surface area contributed by atoms with E-state index in [4.69, 9.17) is 4.52 Å². The summed E-state index contributed by atoms with van der Waals surface area (Å²) < 4.78 is 8.56. The van der Waals surface area contributed by atoms with Crippen LogP contribution in [0, 0.1) is 6.92 Å². The lowest BCUT2D eigenvalue weighted by Crippen LogP contribution is -2.22. The summed E-state index contributed by atoms with van der Waals surface area (Å²) in [5, 5.41) is 13.5. The lowest BCUT2D eigenvalue weighted by Gasteiger charge is -2.09. The van der Waals surface area contributed by atoms with Crippen LogP contribution < -0.4 is 5.56 Å². The van der Waals surface area contributed by atoms with Crippen LogP contribution in [-0.2, 0) is 12.3 Å². The predicted octanol–water partition coefficient (Wildman–Crippen LogP) is 2.21. The third-order valence-corrected chi connectivity index (χ3v) is 4.60. The molecule has 9 heteroatoms. The normalized spacial score (nSPS) is 11.4. The summed E-state index contributed by atoms with van der Waals surface area (Å²) in [6.07, 6.45) is 1.67. The minimum absolute atomic E-state index is 0.112. The molecule has 3 heterocycles. The zero-order chi connectivity index (χ0) is 17.4. The lowest BCUT2D eigenvalue weighted by atomic mass is 10.2. The Morgan fingerprint density at radius 1 is 1.32 bits per heavy atom. The van der Waals surface area contributed by atoms with Crippen molar-refractivity contribution in [2.24, 2.45) is 0 Å². The van der Waals surface area contributed by atoms with Gasteiger partial charge in [-0.15, -0.1) is 16.8 Å². The van der Waals surface area contributed by atoms with E-state index in [0.29, 0.717) is 40.3 Å². The first-order chi connectivity index (χ1) is 12.2. The maximum atomic E-state index is 12.7. The van der Waals surface area contributed by atoms with Gasteiger partial charge in [-0.25, -0.2) is 0 Å². The molecule has 0 aliphatic carbocycles. The van der Waals surface area contributed by atoms with E-state index in [0.717, 1.165) is 5.52 Å². The summed E-state index contributed by atoms with van der Waals surface area (Å²) >= 11 is 1.42. The number of thioether (sulfide) groups is 1. The van der Waals surface area contributed by atoms with Gasteiger partial charge in [-0.2, -0.15) is 4.98 Å². The summed E-state index contributed by atoms with van der Waals surface area (Å²) in [5.74, 6) is 2.05. The van der Waals surface area contributed by atoms with Crippen molar-refractivity contribution in [3.05, 3.63) is 59.0 Å². The van der Waals surface area contributed by atoms with E-state index in [2.05, 4.69) is 26.9 Å². The lowest BCUT2D eigenvalue weighted by molar-refractivity contribution is 0.387. The Bertz CT molecular complexity index is 1140. The molecule has 0 atom stereocenters. The van der Waals surface area contributed by atoms with Gasteiger partial charge in [-0.1, -0.05) is 35.1 Å². The molecule has 0 N–H and O–H groups in total. The number of hydrogen-bond donors (Lipinski definition) is 0. The molecule has 126 valence electrons. The van der Waals surface area contributed by atoms with Crippen molar-refractivity contribution < 1.29 is 4.52 Å². The number of aryl methyl sites for hydroxylation is 1. The second-order valence-electron chi connectivity index (χ2n) is 5.36. The largest absolute Gasteiger partial charge is 0.338 e. The van der Waals surface area contributed by atoms with Gasteiger partial charge in [0.1, 0.15) is 0 Å². The van der Waals surface area contributed by atoms with E-state index >= 15 is 0 Å². The van der Waals surface area contributed by atoms with Crippen LogP contribution in [0.25, 0.3) is 16.7 Å². The molecule has 0 saturated carbocycles. The van der Waals surface area contributed by atoms with Gasteiger partial charge < -0.3 is 4.52 Å². The average Bonchev–Trinajstić information content (AvgIpc) is 3.23. The minimum atomic E-state index is -0.112. The number of rotatable bonds is 5. The topological polar surface area (TPSA) is 91.1 Å². The molecule has 0 radical (unpaired) electrons. The Labute approximate surface area is 146 Å². The Morgan fingerprint density at radius 3 is 2.92 bits per heavy atom. The standard InChI is InChI=1S/C16H14N6O2S/c1-3-8-21-14(23)11-6-4-5-7-12(11)22-15(21)18-19-16(22)25-9-13-17-10(2)20-24-13/h3-7H,1,8-9H2,2H3. The number of nitrogens with zero attached hydrogens (tertiary/aromatic N) is 6. The van der Waals surface area contributed by atoms with Gasteiger partial charge in [-0.05, 0) is 19.1 Å². The second-order valence-corrected chi connectivity index (χ2v) is 6.31. The van der Waals surface area contributed by atoms with Crippen LogP contribution in [0.15, 0.2) is 51.4 Å². The van der Waals surface area contributed by atoms with Crippen molar-refractivity contribution in [3.8, 4) is 0 Å². The molecule has 0 saturated heterocycles. The van der Waals surface area contributed by atoms with Gasteiger partial charge in [0.2, 0.25) is 11.7 Å². The number of para-hydroxylation sites is 1. The molecule has 4 aromatic rings. The van der Waals surface area contributed by atoms with Gasteiger partial charge in [0.15, 0.2) is 11.0 Å². The molecule has 4 rings (SSSR count). The van der Waals surface area contributed by atoms with Gasteiger partial charge in [-0.3, -0.25) is 13.8 Å². The number of allylic oxidation sites excluding steroid dienone is 1. The van der Waals surface area contributed by atoms with E-state index in [1.54, 1.807) is 23.6 Å². The summed E-state index contributed by atoms with van der Waals surface area (Å²) in [6.45, 7) is 5.85. The quantitative estimate of drug-likeness (QED) is 0.401. The Hall–Kier alpha value is -2.94. The van der Waals surface area contributed by atoms with Gasteiger partial charge in [0.25, 0.3) is 5.56 Å². The predicted molar refractivity (Wildman–Crippen MR) is 93.5 cm³/mol. The molecule has 1 aromatic carbocycles. The molecule has 8 nitrogen and oxygen atoms in total. The second kappa shape index (κ2) is 6.17. The maximum absolute atomic E-state index is 12.7. The van der Waals surface area contributed by atoms with Gasteiger partial charge >= 0.3 is 0 Å². The SMILES string of the molecule is C=CCn1c(=O)c2ccccc2n2c(SCc3nc(C)no3)nnc12. The fourth-order valence-electron chi connectivity index (χ4n) is 2.65. The Kier molecular flexibility index (Phi) is 3.85. The van der Waals surface area contributed by atoms with Crippen molar-refractivity contribution in [1.29, 1.82) is 0 Å². The fraction of sp³-hybridized carbons (Fsp3) is 0.188. The molecule has 0 bridgehead atoms. The molecule has 0 unspecified atom stereocenters. The molecule has 0 aliphatic rings. The third-order valence-electron chi connectivity index (χ3n) is 3.68. The first-order valence-corrected chi connectivity index (χ1v) is 8.57. The molecule has 0 spiro atoms. The molecular weight excluding hydrogens is 340 g/mol. The van der Waals surface area contributed by atoms with Gasteiger partial charge in [0, 0.05) is 6.54 Å². The summed E-state index contributed by atoms with van der Waals surface area (Å²) in [4.78, 5) is 16.9. The average molecular weight is 354 g/mol. The first-order valence-electron chi connectivity index (χ1n) is 7.58. The minimum Gasteiger partial charge on any atom is -0.338 e. The third kappa shape index (κ3) is 2.62. The first kappa shape index (κ1) is 15.6. The number of aromatic nitrogens is 6. The van der Waals surface area contributed by atoms with Gasteiger partial charge in [0.05, 0.1) is 16.7 Å². The van der Waals surface area contributed by atoms with Crippen LogP contribution in [0.2, 0.25) is 0 Å². The number of hydrogen-bond acceptors (Lipinski definition) is 7. The van der Waals surface area contributed by atoms with Crippen molar-refractivity contribution >= 4 is 28.4 Å². The maximum Gasteiger partial charge on any atom is 0.263 e. The van der Waals surface area contributed by atoms with E-state index in [-0.39, 0.29) is 5.56 Å². The van der Waals surface area contributed by atoms with Crippen LogP contribution in [0.5, 0.6) is 0 Å². The Balaban J connectivity index is 1.88. The van der Waals surface area contributed by atoms with Crippen LogP contribution in [0.1, 0.15) is 11.7 Å². The number of benzene rings is 1. The van der Waals surface area contributed by atoms with Crippen LogP contribution in [-0.4, -0.2) is 29.3 Å². The molecular formula is C16H14N6O2S. The van der Waals surface area contributed by atoms with Crippen molar-refractivity contribution in [3.63, 3.8) is 0 Å². The number of fused-ring (bicyclic) bond motifs is 3. The smallest absolute Gasteiger partial charge is 0.263 e. The molecule has 0 fully saturated rings. The highest BCUT2D eigenvalue weighted by Gasteiger charge is 2.17. The van der Waals surface area contributed by atoms with Crippen LogP contribution >= 0.6 is 11.8 Å². The monoisotopic (exact) mass is 354 g/mol.